The van der Waals surface area contributed by atoms with Crippen LogP contribution in [0.1, 0.15) is 19.8 Å². The van der Waals surface area contributed by atoms with E-state index in [2.05, 4.69) is 0 Å². The average Bonchev–Trinajstić information content (AvgIpc) is 2.71. The summed E-state index contributed by atoms with van der Waals surface area (Å²) in [5, 5.41) is 0. The van der Waals surface area contributed by atoms with Crippen LogP contribution in [0.25, 0.3) is 0 Å². The Labute approximate surface area is 163 Å². The maximum absolute atomic E-state index is 13.5. The second-order valence-corrected chi connectivity index (χ2v) is 7.78. The lowest BCUT2D eigenvalue weighted by molar-refractivity contribution is -0.149. The van der Waals surface area contributed by atoms with Gasteiger partial charge in [0, 0.05) is 22.9 Å². The number of benzene rings is 2. The number of carbonyl (C=O) groups is 2. The average molecular weight is 382 g/mol. The van der Waals surface area contributed by atoms with Gasteiger partial charge in [-0.25, -0.2) is 4.79 Å². The number of esters is 1. The number of amides is 2. The fourth-order valence-corrected chi connectivity index (χ4v) is 4.71. The molecule has 0 radical (unpaired) electrons. The van der Waals surface area contributed by atoms with E-state index in [0.29, 0.717) is 19.7 Å². The highest BCUT2D eigenvalue weighted by atomic mass is 32.2. The number of hydrogen-bond acceptors (Lipinski definition) is 4. The Morgan fingerprint density at radius 3 is 2.33 bits per heavy atom. The minimum absolute atomic E-state index is 0.0794. The molecule has 2 aliphatic rings. The summed E-state index contributed by atoms with van der Waals surface area (Å²) >= 11 is 1.68. The molecule has 1 unspecified atom stereocenters. The van der Waals surface area contributed by atoms with Gasteiger partial charge < -0.3 is 9.64 Å². The fraction of sp³-hybridized carbons (Fsp3) is 0.333. The van der Waals surface area contributed by atoms with Crippen LogP contribution in [0.2, 0.25) is 0 Å². The molecule has 6 heteroatoms. The number of anilines is 2. The molecule has 0 bridgehead atoms. The number of rotatable bonds is 2. The Balaban J connectivity index is 1.65. The minimum Gasteiger partial charge on any atom is -0.466 e. The molecule has 2 amide bonds. The lowest BCUT2D eigenvalue weighted by Gasteiger charge is -2.38. The molecular formula is C21H22N2O3S. The zero-order valence-electron chi connectivity index (χ0n) is 15.3. The van der Waals surface area contributed by atoms with Gasteiger partial charge in [0.05, 0.1) is 23.9 Å². The summed E-state index contributed by atoms with van der Waals surface area (Å²) in [6.07, 6.45) is 1.58. The molecule has 5 nitrogen and oxygen atoms in total. The molecule has 2 heterocycles. The van der Waals surface area contributed by atoms with Crippen LogP contribution in [0.4, 0.5) is 16.2 Å². The summed E-state index contributed by atoms with van der Waals surface area (Å²) in [5.74, 6) is -0.447. The van der Waals surface area contributed by atoms with E-state index in [0.717, 1.165) is 34.0 Å². The van der Waals surface area contributed by atoms with E-state index >= 15 is 0 Å². The third kappa shape index (κ3) is 3.41. The van der Waals surface area contributed by atoms with Crippen LogP contribution in [0.15, 0.2) is 58.3 Å². The summed E-state index contributed by atoms with van der Waals surface area (Å²) in [5.41, 5.74) is 1.79. The van der Waals surface area contributed by atoms with Gasteiger partial charge in [-0.1, -0.05) is 36.0 Å². The first-order chi connectivity index (χ1) is 13.2. The number of para-hydroxylation sites is 2. The van der Waals surface area contributed by atoms with E-state index in [1.54, 1.807) is 21.6 Å². The Kier molecular flexibility index (Phi) is 5.07. The zero-order valence-corrected chi connectivity index (χ0v) is 16.1. The largest absolute Gasteiger partial charge is 0.466 e. The van der Waals surface area contributed by atoms with Crippen LogP contribution in [0, 0.1) is 5.92 Å². The summed E-state index contributed by atoms with van der Waals surface area (Å²) in [6.45, 7) is 3.24. The van der Waals surface area contributed by atoms with Crippen LogP contribution < -0.4 is 4.90 Å². The fourth-order valence-electron chi connectivity index (χ4n) is 3.66. The second-order valence-electron chi connectivity index (χ2n) is 6.69. The van der Waals surface area contributed by atoms with Crippen molar-refractivity contribution in [2.24, 2.45) is 5.92 Å². The standard InChI is InChI=1S/C21H22N2O3S/c1-2-26-20(24)15-8-7-13-22(14-15)21(25)23-16-9-3-5-11-18(16)27-19-12-6-4-10-17(19)23/h3-6,9-12,15H,2,7-8,13-14H2,1H3. The summed E-state index contributed by atoms with van der Waals surface area (Å²) in [6, 6.07) is 15.8. The number of carbonyl (C=O) groups excluding carboxylic acids is 2. The molecule has 1 atom stereocenters. The van der Waals surface area contributed by atoms with Crippen molar-refractivity contribution in [1.82, 2.24) is 4.90 Å². The van der Waals surface area contributed by atoms with E-state index in [9.17, 15) is 9.59 Å². The third-order valence-electron chi connectivity index (χ3n) is 4.94. The molecule has 1 saturated heterocycles. The van der Waals surface area contributed by atoms with Crippen molar-refractivity contribution in [1.29, 1.82) is 0 Å². The number of fused-ring (bicyclic) bond motifs is 2. The Bertz CT molecular complexity index is 825. The molecule has 0 aromatic heterocycles. The van der Waals surface area contributed by atoms with Crippen molar-refractivity contribution in [3.63, 3.8) is 0 Å². The van der Waals surface area contributed by atoms with Gasteiger partial charge in [0.2, 0.25) is 0 Å². The van der Waals surface area contributed by atoms with Gasteiger partial charge in [-0.2, -0.15) is 0 Å². The quantitative estimate of drug-likeness (QED) is 0.708. The van der Waals surface area contributed by atoms with Gasteiger partial charge >= 0.3 is 12.0 Å². The van der Waals surface area contributed by atoms with Gasteiger partial charge in [0.25, 0.3) is 0 Å². The molecule has 0 spiro atoms. The smallest absolute Gasteiger partial charge is 0.329 e. The van der Waals surface area contributed by atoms with Crippen molar-refractivity contribution in [3.05, 3.63) is 48.5 Å². The summed E-state index contributed by atoms with van der Waals surface area (Å²) < 4.78 is 5.17. The van der Waals surface area contributed by atoms with Gasteiger partial charge in [-0.05, 0) is 44.0 Å². The number of nitrogens with zero attached hydrogens (tertiary/aromatic N) is 2. The molecule has 140 valence electrons. The van der Waals surface area contributed by atoms with Crippen molar-refractivity contribution < 1.29 is 14.3 Å². The maximum Gasteiger partial charge on any atom is 0.329 e. The Morgan fingerprint density at radius 2 is 1.70 bits per heavy atom. The van der Waals surface area contributed by atoms with Crippen molar-refractivity contribution >= 4 is 35.1 Å². The third-order valence-corrected chi connectivity index (χ3v) is 6.07. The number of piperidine rings is 1. The lowest BCUT2D eigenvalue weighted by atomic mass is 9.98. The van der Waals surface area contributed by atoms with E-state index in [1.165, 1.54) is 0 Å². The monoisotopic (exact) mass is 382 g/mol. The Morgan fingerprint density at radius 1 is 1.07 bits per heavy atom. The van der Waals surface area contributed by atoms with E-state index < -0.39 is 0 Å². The van der Waals surface area contributed by atoms with Crippen LogP contribution in [-0.4, -0.2) is 36.6 Å². The number of urea groups is 1. The predicted molar refractivity (Wildman–Crippen MR) is 105 cm³/mol. The normalized spacial score (nSPS) is 18.5. The van der Waals surface area contributed by atoms with Crippen molar-refractivity contribution in [2.45, 2.75) is 29.6 Å². The predicted octanol–water partition coefficient (Wildman–Crippen LogP) is 4.68. The molecule has 1 fully saturated rings. The molecule has 0 aliphatic carbocycles. The topological polar surface area (TPSA) is 49.9 Å². The first-order valence-corrected chi connectivity index (χ1v) is 10.1. The van der Waals surface area contributed by atoms with Crippen LogP contribution in [0.5, 0.6) is 0 Å². The first kappa shape index (κ1) is 17.9. The first-order valence-electron chi connectivity index (χ1n) is 9.30. The second kappa shape index (κ2) is 7.64. The molecule has 2 aromatic carbocycles. The minimum atomic E-state index is -0.243. The highest BCUT2D eigenvalue weighted by molar-refractivity contribution is 7.99. The van der Waals surface area contributed by atoms with E-state index in [-0.39, 0.29) is 17.9 Å². The van der Waals surface area contributed by atoms with E-state index in [4.69, 9.17) is 4.74 Å². The van der Waals surface area contributed by atoms with Gasteiger partial charge in [0.15, 0.2) is 0 Å². The molecule has 2 aliphatic heterocycles. The van der Waals surface area contributed by atoms with Gasteiger partial charge in [-0.15, -0.1) is 0 Å². The Hall–Kier alpha value is -2.47. The molecule has 27 heavy (non-hydrogen) atoms. The van der Waals surface area contributed by atoms with Gasteiger partial charge in [-0.3, -0.25) is 9.69 Å². The number of hydrogen-bond donors (Lipinski definition) is 0. The maximum atomic E-state index is 13.5. The molecule has 0 saturated carbocycles. The van der Waals surface area contributed by atoms with Crippen LogP contribution in [0.3, 0.4) is 0 Å². The van der Waals surface area contributed by atoms with E-state index in [1.807, 2.05) is 55.5 Å². The lowest BCUT2D eigenvalue weighted by Crippen LogP contribution is -2.48. The summed E-state index contributed by atoms with van der Waals surface area (Å²) in [4.78, 5) is 31.3. The zero-order chi connectivity index (χ0) is 18.8. The number of likely N-dealkylation sites (tertiary alicyclic amines) is 1. The molecule has 2 aromatic rings. The highest BCUT2D eigenvalue weighted by Crippen LogP contribution is 2.48. The van der Waals surface area contributed by atoms with Crippen LogP contribution >= 0.6 is 11.8 Å². The van der Waals surface area contributed by atoms with Crippen LogP contribution in [-0.2, 0) is 9.53 Å². The molecule has 4 rings (SSSR count). The van der Waals surface area contributed by atoms with Gasteiger partial charge in [0.1, 0.15) is 0 Å². The molecule has 0 N–H and O–H groups in total. The number of ether oxygens (including phenoxy) is 1. The SMILES string of the molecule is CCOC(=O)C1CCCN(C(=O)N2c3ccccc3Sc3ccccc32)C1. The summed E-state index contributed by atoms with van der Waals surface area (Å²) in [7, 11) is 0. The van der Waals surface area contributed by atoms with Crippen molar-refractivity contribution in [3.8, 4) is 0 Å². The molecular weight excluding hydrogens is 360 g/mol. The van der Waals surface area contributed by atoms with Crippen molar-refractivity contribution in [2.75, 3.05) is 24.6 Å². The highest BCUT2D eigenvalue weighted by Gasteiger charge is 2.35.